The minimum atomic E-state index is -0.175. The zero-order valence-electron chi connectivity index (χ0n) is 10.3. The number of hydrogen-bond acceptors (Lipinski definition) is 4. The van der Waals surface area contributed by atoms with Gasteiger partial charge in [0.25, 0.3) is 5.91 Å². The number of carbonyl (C=O) groups is 1. The number of aryl methyl sites for hydroxylation is 1. The van der Waals surface area contributed by atoms with Crippen LogP contribution in [0.1, 0.15) is 29.4 Å². The van der Waals surface area contributed by atoms with Crippen LogP contribution in [-0.4, -0.2) is 40.6 Å². The van der Waals surface area contributed by atoms with Gasteiger partial charge in [-0.3, -0.25) is 9.78 Å². The molecule has 0 fully saturated rings. The topological polar surface area (TPSA) is 79.5 Å². The summed E-state index contributed by atoms with van der Waals surface area (Å²) >= 11 is 0. The van der Waals surface area contributed by atoms with Crippen LogP contribution < -0.4 is 5.73 Å². The molecule has 5 nitrogen and oxygen atoms in total. The Morgan fingerprint density at radius 3 is 2.76 bits per heavy atom. The number of hydrogen-bond donors (Lipinski definition) is 2. The van der Waals surface area contributed by atoms with Crippen LogP contribution in [0.3, 0.4) is 0 Å². The highest BCUT2D eigenvalue weighted by atomic mass is 16.3. The van der Waals surface area contributed by atoms with E-state index in [4.69, 9.17) is 10.8 Å². The summed E-state index contributed by atoms with van der Waals surface area (Å²) in [7, 11) is 0. The lowest BCUT2D eigenvalue weighted by atomic mass is 10.2. The van der Waals surface area contributed by atoms with Crippen LogP contribution in [0.25, 0.3) is 0 Å². The molecular weight excluding hydrogens is 218 g/mol. The largest absolute Gasteiger partial charge is 0.398 e. The van der Waals surface area contributed by atoms with Crippen molar-refractivity contribution < 1.29 is 9.90 Å². The molecule has 0 saturated heterocycles. The number of aliphatic hydroxyl groups is 1. The van der Waals surface area contributed by atoms with Gasteiger partial charge in [-0.1, -0.05) is 6.92 Å². The zero-order valence-corrected chi connectivity index (χ0v) is 10.3. The third-order valence-electron chi connectivity index (χ3n) is 2.45. The first-order chi connectivity index (χ1) is 8.10. The molecule has 0 unspecified atom stereocenters. The molecule has 0 aliphatic heterocycles. The predicted octanol–water partition coefficient (Wildman–Crippen LogP) is 0.817. The summed E-state index contributed by atoms with van der Waals surface area (Å²) in [4.78, 5) is 17.8. The third-order valence-corrected chi connectivity index (χ3v) is 2.45. The maximum Gasteiger partial charge on any atom is 0.257 e. The van der Waals surface area contributed by atoms with E-state index in [1.807, 2.05) is 13.8 Å². The van der Waals surface area contributed by atoms with Crippen molar-refractivity contribution in [3.63, 3.8) is 0 Å². The average molecular weight is 237 g/mol. The van der Waals surface area contributed by atoms with Crippen molar-refractivity contribution in [3.05, 3.63) is 23.5 Å². The van der Waals surface area contributed by atoms with Gasteiger partial charge in [-0.2, -0.15) is 0 Å². The molecule has 1 heterocycles. The molecule has 94 valence electrons. The van der Waals surface area contributed by atoms with Crippen molar-refractivity contribution in [2.75, 3.05) is 25.4 Å². The van der Waals surface area contributed by atoms with Crippen LogP contribution in [0.4, 0.5) is 5.69 Å². The number of rotatable bonds is 5. The minimum absolute atomic E-state index is 0.0507. The van der Waals surface area contributed by atoms with E-state index < -0.39 is 0 Å². The summed E-state index contributed by atoms with van der Waals surface area (Å²) in [5.41, 5.74) is 7.42. The van der Waals surface area contributed by atoms with Gasteiger partial charge in [0, 0.05) is 30.7 Å². The van der Waals surface area contributed by atoms with Crippen LogP contribution in [0.15, 0.2) is 12.3 Å². The fourth-order valence-corrected chi connectivity index (χ4v) is 1.64. The molecule has 0 spiro atoms. The number of amides is 1. The highest BCUT2D eigenvalue weighted by Crippen LogP contribution is 2.14. The maximum atomic E-state index is 12.2. The molecule has 0 aromatic carbocycles. The number of aromatic nitrogens is 1. The Morgan fingerprint density at radius 1 is 1.53 bits per heavy atom. The summed E-state index contributed by atoms with van der Waals surface area (Å²) in [6.45, 7) is 4.67. The summed E-state index contributed by atoms with van der Waals surface area (Å²) in [5, 5.41) is 8.93. The van der Waals surface area contributed by atoms with Gasteiger partial charge in [0.15, 0.2) is 0 Å². The van der Waals surface area contributed by atoms with Crippen LogP contribution in [0.2, 0.25) is 0 Å². The van der Waals surface area contributed by atoms with Gasteiger partial charge in [0.05, 0.1) is 12.2 Å². The van der Waals surface area contributed by atoms with E-state index in [-0.39, 0.29) is 12.5 Å². The van der Waals surface area contributed by atoms with E-state index in [9.17, 15) is 4.79 Å². The number of aliphatic hydroxyl groups excluding tert-OH is 1. The fraction of sp³-hybridized carbons (Fsp3) is 0.500. The second kappa shape index (κ2) is 6.20. The Morgan fingerprint density at radius 2 is 2.24 bits per heavy atom. The number of nitrogen functional groups attached to an aromatic ring is 1. The van der Waals surface area contributed by atoms with Crippen LogP contribution in [0, 0.1) is 6.92 Å². The Hall–Kier alpha value is -1.62. The minimum Gasteiger partial charge on any atom is -0.398 e. The molecule has 0 aliphatic rings. The Kier molecular flexibility index (Phi) is 4.90. The Balaban J connectivity index is 2.92. The third kappa shape index (κ3) is 3.42. The number of carbonyl (C=O) groups excluding carboxylic acids is 1. The first-order valence-corrected chi connectivity index (χ1v) is 5.72. The van der Waals surface area contributed by atoms with E-state index in [1.165, 1.54) is 6.20 Å². The van der Waals surface area contributed by atoms with Crippen molar-refractivity contribution in [1.82, 2.24) is 9.88 Å². The van der Waals surface area contributed by atoms with E-state index >= 15 is 0 Å². The molecule has 5 heteroatoms. The van der Waals surface area contributed by atoms with Gasteiger partial charge in [0.2, 0.25) is 0 Å². The van der Waals surface area contributed by atoms with Gasteiger partial charge < -0.3 is 15.7 Å². The SMILES string of the molecule is CCCN(CCO)C(=O)c1cnc(C)cc1N. The number of pyridine rings is 1. The molecule has 0 saturated carbocycles. The lowest BCUT2D eigenvalue weighted by molar-refractivity contribution is 0.0722. The molecular formula is C12H19N3O2. The van der Waals surface area contributed by atoms with Crippen molar-refractivity contribution in [2.45, 2.75) is 20.3 Å². The average Bonchev–Trinajstić information content (AvgIpc) is 2.28. The summed E-state index contributed by atoms with van der Waals surface area (Å²) < 4.78 is 0. The second-order valence-corrected chi connectivity index (χ2v) is 3.93. The first-order valence-electron chi connectivity index (χ1n) is 5.72. The lowest BCUT2D eigenvalue weighted by Gasteiger charge is -2.21. The van der Waals surface area contributed by atoms with Gasteiger partial charge in [0.1, 0.15) is 0 Å². The van der Waals surface area contributed by atoms with Crippen molar-refractivity contribution in [3.8, 4) is 0 Å². The van der Waals surface area contributed by atoms with Crippen molar-refractivity contribution in [2.24, 2.45) is 0 Å². The second-order valence-electron chi connectivity index (χ2n) is 3.93. The van der Waals surface area contributed by atoms with Crippen LogP contribution in [-0.2, 0) is 0 Å². The van der Waals surface area contributed by atoms with Gasteiger partial charge in [-0.25, -0.2) is 0 Å². The molecule has 1 amide bonds. The van der Waals surface area contributed by atoms with E-state index in [1.54, 1.807) is 11.0 Å². The monoisotopic (exact) mass is 237 g/mol. The lowest BCUT2D eigenvalue weighted by Crippen LogP contribution is -2.34. The summed E-state index contributed by atoms with van der Waals surface area (Å²) in [5.74, 6) is -0.175. The smallest absolute Gasteiger partial charge is 0.257 e. The molecule has 0 aliphatic carbocycles. The summed E-state index contributed by atoms with van der Waals surface area (Å²) in [6, 6.07) is 1.68. The molecule has 1 aromatic heterocycles. The van der Waals surface area contributed by atoms with E-state index in [0.717, 1.165) is 12.1 Å². The van der Waals surface area contributed by atoms with Crippen LogP contribution in [0.5, 0.6) is 0 Å². The van der Waals surface area contributed by atoms with Crippen molar-refractivity contribution >= 4 is 11.6 Å². The van der Waals surface area contributed by atoms with Gasteiger partial charge >= 0.3 is 0 Å². The highest BCUT2D eigenvalue weighted by Gasteiger charge is 2.17. The molecule has 17 heavy (non-hydrogen) atoms. The molecule has 3 N–H and O–H groups in total. The van der Waals surface area contributed by atoms with Crippen LogP contribution >= 0.6 is 0 Å². The van der Waals surface area contributed by atoms with E-state index in [0.29, 0.717) is 24.3 Å². The number of nitrogens with two attached hydrogens (primary N) is 1. The number of nitrogens with zero attached hydrogens (tertiary/aromatic N) is 2. The predicted molar refractivity (Wildman–Crippen MR) is 66.7 cm³/mol. The summed E-state index contributed by atoms with van der Waals surface area (Å²) in [6.07, 6.45) is 2.33. The van der Waals surface area contributed by atoms with Gasteiger partial charge in [-0.15, -0.1) is 0 Å². The van der Waals surface area contributed by atoms with Crippen molar-refractivity contribution in [1.29, 1.82) is 0 Å². The first kappa shape index (κ1) is 13.4. The van der Waals surface area contributed by atoms with Gasteiger partial charge in [-0.05, 0) is 19.4 Å². The fourth-order valence-electron chi connectivity index (χ4n) is 1.64. The van der Waals surface area contributed by atoms with E-state index in [2.05, 4.69) is 4.98 Å². The Labute approximate surface area is 101 Å². The quantitative estimate of drug-likeness (QED) is 0.794. The standard InChI is InChI=1S/C12H19N3O2/c1-3-4-15(5-6-16)12(17)10-8-14-9(2)7-11(10)13/h7-8,16H,3-6H2,1-2H3,(H2,13,14). The number of anilines is 1. The highest BCUT2D eigenvalue weighted by molar-refractivity contribution is 5.98. The normalized spacial score (nSPS) is 10.3. The zero-order chi connectivity index (χ0) is 12.8. The maximum absolute atomic E-state index is 12.2. The Bertz CT molecular complexity index is 387. The molecule has 0 atom stereocenters. The molecule has 0 bridgehead atoms. The molecule has 1 aromatic rings. The molecule has 0 radical (unpaired) electrons. The molecule has 1 rings (SSSR count).